The van der Waals surface area contributed by atoms with Gasteiger partial charge in [-0.15, -0.1) is 11.3 Å². The van der Waals surface area contributed by atoms with Crippen molar-refractivity contribution in [3.63, 3.8) is 0 Å². The first-order chi connectivity index (χ1) is 11.8. The minimum absolute atomic E-state index is 0.243. The zero-order valence-electron chi connectivity index (χ0n) is 15.5. The highest BCUT2D eigenvalue weighted by atomic mass is 32.1. The summed E-state index contributed by atoms with van der Waals surface area (Å²) in [4.78, 5) is 2.43. The second-order valence-corrected chi connectivity index (χ2v) is 9.32. The molecule has 136 valence electrons. The molecule has 1 aliphatic carbocycles. The van der Waals surface area contributed by atoms with Gasteiger partial charge in [0.25, 0.3) is 0 Å². The topological polar surface area (TPSA) is 49.7 Å². The molecule has 0 amide bonds. The second-order valence-electron chi connectivity index (χ2n) is 8.21. The van der Waals surface area contributed by atoms with Gasteiger partial charge in [-0.05, 0) is 66.0 Å². The first kappa shape index (κ1) is 18.4. The molecule has 1 unspecified atom stereocenters. The lowest BCUT2D eigenvalue weighted by Gasteiger charge is -2.30. The molecule has 0 aliphatic heterocycles. The van der Waals surface area contributed by atoms with Crippen molar-refractivity contribution in [2.75, 3.05) is 6.61 Å². The summed E-state index contributed by atoms with van der Waals surface area (Å²) in [6.45, 7) is 9.28. The van der Waals surface area contributed by atoms with Crippen LogP contribution in [0, 0.1) is 11.3 Å². The highest BCUT2D eigenvalue weighted by Crippen LogP contribution is 2.47. The Labute approximate surface area is 154 Å². The maximum absolute atomic E-state index is 10.8. The predicted molar refractivity (Wildman–Crippen MR) is 103 cm³/mol. The maximum Gasteiger partial charge on any atom is 0.182 e. The summed E-state index contributed by atoms with van der Waals surface area (Å²) in [7, 11) is 0. The van der Waals surface area contributed by atoms with Crippen LogP contribution >= 0.6 is 11.3 Å². The number of phenolic OH excluding ortho intramolecular Hbond substituents is 1. The molecule has 1 aromatic carbocycles. The third kappa shape index (κ3) is 4.08. The van der Waals surface area contributed by atoms with Crippen LogP contribution in [-0.2, 0) is 17.6 Å². The summed E-state index contributed by atoms with van der Waals surface area (Å²) in [5.41, 5.74) is 3.46. The van der Waals surface area contributed by atoms with E-state index in [0.717, 1.165) is 35.3 Å². The van der Waals surface area contributed by atoms with Gasteiger partial charge in [-0.1, -0.05) is 27.7 Å². The number of rotatable bonds is 5. The van der Waals surface area contributed by atoms with E-state index in [0.29, 0.717) is 12.5 Å². The molecule has 25 heavy (non-hydrogen) atoms. The number of aliphatic hydroxyl groups excluding tert-OH is 1. The van der Waals surface area contributed by atoms with Crippen molar-refractivity contribution in [1.29, 1.82) is 0 Å². The lowest BCUT2D eigenvalue weighted by molar-refractivity contribution is -0.110. The quantitative estimate of drug-likeness (QED) is 0.712. The second kappa shape index (κ2) is 7.10. The average molecular weight is 361 g/mol. The van der Waals surface area contributed by atoms with E-state index < -0.39 is 6.29 Å². The molecular formula is C21H28O3S. The Morgan fingerprint density at radius 2 is 1.88 bits per heavy atom. The Bertz CT molecular complexity index is 728. The van der Waals surface area contributed by atoms with Crippen LogP contribution in [-0.4, -0.2) is 16.8 Å². The van der Waals surface area contributed by atoms with Crippen molar-refractivity contribution in [2.24, 2.45) is 11.3 Å². The van der Waals surface area contributed by atoms with Crippen LogP contribution in [0.4, 0.5) is 0 Å². The summed E-state index contributed by atoms with van der Waals surface area (Å²) in [5.74, 6) is 0.627. The first-order valence-electron chi connectivity index (χ1n) is 9.00. The maximum atomic E-state index is 10.8. The molecule has 1 aliphatic rings. The Morgan fingerprint density at radius 3 is 2.52 bits per heavy atom. The largest absolute Gasteiger partial charge is 0.508 e. The smallest absolute Gasteiger partial charge is 0.182 e. The monoisotopic (exact) mass is 360 g/mol. The number of benzene rings is 1. The fourth-order valence-corrected chi connectivity index (χ4v) is 4.74. The van der Waals surface area contributed by atoms with Gasteiger partial charge < -0.3 is 14.9 Å². The molecule has 3 nitrogen and oxygen atoms in total. The minimum Gasteiger partial charge on any atom is -0.508 e. The summed E-state index contributed by atoms with van der Waals surface area (Å²) < 4.78 is 5.78. The fourth-order valence-electron chi connectivity index (χ4n) is 3.40. The number of ether oxygens (including phenoxy) is 1. The molecule has 1 heterocycles. The van der Waals surface area contributed by atoms with Gasteiger partial charge in [0.1, 0.15) is 5.75 Å². The Balaban J connectivity index is 2.05. The zero-order chi connectivity index (χ0) is 18.2. The van der Waals surface area contributed by atoms with Crippen LogP contribution < -0.4 is 0 Å². The van der Waals surface area contributed by atoms with Crippen LogP contribution in [0.5, 0.6) is 5.75 Å². The average Bonchev–Trinajstić information content (AvgIpc) is 2.90. The normalized spacial score (nSPS) is 17.5. The summed E-state index contributed by atoms with van der Waals surface area (Å²) in [5, 5.41) is 20.4. The van der Waals surface area contributed by atoms with Crippen LogP contribution in [0.3, 0.4) is 0 Å². The molecule has 0 fully saturated rings. The fraction of sp³-hybridized carbons (Fsp3) is 0.524. The van der Waals surface area contributed by atoms with Gasteiger partial charge >= 0.3 is 0 Å². The molecule has 0 saturated heterocycles. The molecule has 1 aromatic heterocycles. The van der Waals surface area contributed by atoms with Gasteiger partial charge in [0.05, 0.1) is 6.61 Å². The van der Waals surface area contributed by atoms with Crippen molar-refractivity contribution in [1.82, 2.24) is 0 Å². The lowest BCUT2D eigenvalue weighted by Crippen LogP contribution is -2.22. The van der Waals surface area contributed by atoms with Gasteiger partial charge in [-0.25, -0.2) is 0 Å². The highest BCUT2D eigenvalue weighted by molar-refractivity contribution is 7.16. The van der Waals surface area contributed by atoms with Crippen molar-refractivity contribution < 1.29 is 14.9 Å². The van der Waals surface area contributed by atoms with E-state index in [-0.39, 0.29) is 11.2 Å². The molecule has 0 spiro atoms. The highest BCUT2D eigenvalue weighted by Gasteiger charge is 2.33. The number of phenols is 1. The number of fused-ring (bicyclic) bond motifs is 1. The zero-order valence-corrected chi connectivity index (χ0v) is 16.3. The van der Waals surface area contributed by atoms with Crippen molar-refractivity contribution >= 4 is 11.3 Å². The molecule has 2 N–H and O–H groups in total. The van der Waals surface area contributed by atoms with E-state index in [9.17, 15) is 10.2 Å². The van der Waals surface area contributed by atoms with Crippen molar-refractivity contribution in [2.45, 2.75) is 53.2 Å². The molecule has 3 rings (SSSR count). The molecule has 0 radical (unpaired) electrons. The van der Waals surface area contributed by atoms with Crippen molar-refractivity contribution in [3.05, 3.63) is 40.3 Å². The number of aryl methyl sites for hydroxylation is 1. The lowest BCUT2D eigenvalue weighted by atomic mass is 9.75. The van der Waals surface area contributed by atoms with Crippen LogP contribution in [0.1, 0.15) is 56.4 Å². The molecule has 4 heteroatoms. The number of hydrogen-bond acceptors (Lipinski definition) is 4. The number of aliphatic hydroxyl groups is 1. The standard InChI is InChI=1S/C21H28O3S/c1-13(2)12-24-20(23)18-16-11-21(3,4)10-9-17(16)25-19(18)14-5-7-15(22)8-6-14/h5-8,13,20,22-23H,9-12H2,1-4H3. The number of aromatic hydroxyl groups is 1. The third-order valence-electron chi connectivity index (χ3n) is 4.78. The first-order valence-corrected chi connectivity index (χ1v) is 9.82. The summed E-state index contributed by atoms with van der Waals surface area (Å²) >= 11 is 1.76. The molecule has 0 saturated carbocycles. The minimum atomic E-state index is -0.903. The van der Waals surface area contributed by atoms with Gasteiger partial charge in [0, 0.05) is 15.3 Å². The van der Waals surface area contributed by atoms with Crippen molar-refractivity contribution in [3.8, 4) is 16.2 Å². The number of hydrogen-bond donors (Lipinski definition) is 2. The van der Waals surface area contributed by atoms with E-state index in [1.54, 1.807) is 23.5 Å². The molecule has 1 atom stereocenters. The Morgan fingerprint density at radius 1 is 1.20 bits per heavy atom. The van der Waals surface area contributed by atoms with Crippen LogP contribution in [0.2, 0.25) is 0 Å². The van der Waals surface area contributed by atoms with E-state index in [4.69, 9.17) is 4.74 Å². The van der Waals surface area contributed by atoms with Gasteiger partial charge in [0.2, 0.25) is 0 Å². The molecular weight excluding hydrogens is 332 g/mol. The molecule has 0 bridgehead atoms. The third-order valence-corrected chi connectivity index (χ3v) is 6.14. The van der Waals surface area contributed by atoms with E-state index >= 15 is 0 Å². The van der Waals surface area contributed by atoms with Crippen LogP contribution in [0.15, 0.2) is 24.3 Å². The van der Waals surface area contributed by atoms with Gasteiger partial charge in [-0.2, -0.15) is 0 Å². The van der Waals surface area contributed by atoms with Crippen LogP contribution in [0.25, 0.3) is 10.4 Å². The van der Waals surface area contributed by atoms with E-state index in [2.05, 4.69) is 27.7 Å². The Hall–Kier alpha value is -1.36. The summed E-state index contributed by atoms with van der Waals surface area (Å²) in [6, 6.07) is 7.22. The van der Waals surface area contributed by atoms with Gasteiger partial charge in [-0.3, -0.25) is 0 Å². The van der Waals surface area contributed by atoms with Gasteiger partial charge in [0.15, 0.2) is 6.29 Å². The Kier molecular flexibility index (Phi) is 5.24. The number of thiophene rings is 1. The molecule has 2 aromatic rings. The van der Waals surface area contributed by atoms with E-state index in [1.165, 1.54) is 10.4 Å². The predicted octanol–water partition coefficient (Wildman–Crippen LogP) is 5.30. The summed E-state index contributed by atoms with van der Waals surface area (Å²) in [6.07, 6.45) is 2.28. The van der Waals surface area contributed by atoms with E-state index in [1.807, 2.05) is 12.1 Å². The SMILES string of the molecule is CC(C)COC(O)c1c(-c2ccc(O)cc2)sc2c1CC(C)(C)CC2.